The molecule has 0 bridgehead atoms. The number of aromatic nitrogens is 1. The predicted molar refractivity (Wildman–Crippen MR) is 102 cm³/mol. The van der Waals surface area contributed by atoms with Crippen LogP contribution in [-0.4, -0.2) is 73.3 Å². The van der Waals surface area contributed by atoms with E-state index in [0.29, 0.717) is 0 Å². The average molecular weight is 358 g/mol. The first kappa shape index (κ1) is 18.9. The molecule has 6 nitrogen and oxygen atoms in total. The van der Waals surface area contributed by atoms with E-state index < -0.39 is 0 Å². The number of piperazine rings is 1. The molecule has 6 heteroatoms. The molecule has 3 rings (SSSR count). The van der Waals surface area contributed by atoms with Gasteiger partial charge in [-0.1, -0.05) is 23.4 Å². The fraction of sp³-hybridized carbons (Fsp3) is 0.550. The Morgan fingerprint density at radius 1 is 1.19 bits per heavy atom. The van der Waals surface area contributed by atoms with Crippen molar-refractivity contribution in [3.63, 3.8) is 0 Å². The van der Waals surface area contributed by atoms with E-state index in [9.17, 15) is 0 Å². The van der Waals surface area contributed by atoms with Crippen LogP contribution >= 0.6 is 0 Å². The van der Waals surface area contributed by atoms with Crippen molar-refractivity contribution in [3.8, 4) is 5.75 Å². The third-order valence-electron chi connectivity index (χ3n) is 5.20. The van der Waals surface area contributed by atoms with Crippen LogP contribution in [0.25, 0.3) is 0 Å². The van der Waals surface area contributed by atoms with Crippen molar-refractivity contribution in [3.05, 3.63) is 47.9 Å². The lowest BCUT2D eigenvalue weighted by molar-refractivity contribution is 0.133. The predicted octanol–water partition coefficient (Wildman–Crippen LogP) is 2.49. The molecule has 1 aliphatic rings. The second-order valence-corrected chi connectivity index (χ2v) is 7.12. The highest BCUT2D eigenvalue weighted by Crippen LogP contribution is 2.24. The summed E-state index contributed by atoms with van der Waals surface area (Å²) >= 11 is 0. The first-order valence-electron chi connectivity index (χ1n) is 9.35. The Morgan fingerprint density at radius 3 is 2.69 bits per heavy atom. The van der Waals surface area contributed by atoms with E-state index >= 15 is 0 Å². The van der Waals surface area contributed by atoms with Crippen LogP contribution in [0, 0.1) is 0 Å². The fourth-order valence-corrected chi connectivity index (χ4v) is 3.20. The summed E-state index contributed by atoms with van der Waals surface area (Å²) in [4.78, 5) is 7.10. The van der Waals surface area contributed by atoms with Crippen molar-refractivity contribution < 1.29 is 9.26 Å². The van der Waals surface area contributed by atoms with Crippen molar-refractivity contribution in [1.82, 2.24) is 19.9 Å². The van der Waals surface area contributed by atoms with E-state index in [1.165, 1.54) is 5.56 Å². The molecule has 1 atom stereocenters. The molecule has 2 heterocycles. The molecule has 0 spiro atoms. The van der Waals surface area contributed by atoms with Gasteiger partial charge in [0.25, 0.3) is 0 Å². The average Bonchev–Trinajstić information content (AvgIpc) is 3.19. The summed E-state index contributed by atoms with van der Waals surface area (Å²) in [7, 11) is 4.28. The summed E-state index contributed by atoms with van der Waals surface area (Å²) in [6, 6.07) is 10.4. The van der Waals surface area contributed by atoms with E-state index in [4.69, 9.17) is 9.26 Å². The van der Waals surface area contributed by atoms with Gasteiger partial charge in [0.2, 0.25) is 0 Å². The maximum Gasteiger partial charge on any atom is 0.124 e. The molecule has 1 aromatic carbocycles. The van der Waals surface area contributed by atoms with Crippen molar-refractivity contribution in [2.45, 2.75) is 19.5 Å². The van der Waals surface area contributed by atoms with Crippen LogP contribution in [0.4, 0.5) is 0 Å². The fourth-order valence-electron chi connectivity index (χ4n) is 3.20. The maximum absolute atomic E-state index is 6.12. The molecule has 0 aliphatic carbocycles. The van der Waals surface area contributed by atoms with Crippen molar-refractivity contribution >= 4 is 0 Å². The minimum atomic E-state index is 0.187. The van der Waals surface area contributed by atoms with Crippen molar-refractivity contribution in [2.24, 2.45) is 0 Å². The Labute approximate surface area is 156 Å². The summed E-state index contributed by atoms with van der Waals surface area (Å²) in [5.74, 6) is 0.973. The standard InChI is InChI=1S/C20H30N4O2/c1-17(19-8-14-26-21-19)23(3)16-18-6-4-5-7-20(18)25-15-13-24-11-9-22(2)10-12-24/h4-8,14,17H,9-13,15-16H2,1-3H3/t17-/m0/s1. The van der Waals surface area contributed by atoms with Gasteiger partial charge in [0.1, 0.15) is 24.3 Å². The normalized spacial score (nSPS) is 17.5. The van der Waals surface area contributed by atoms with E-state index in [-0.39, 0.29) is 6.04 Å². The van der Waals surface area contributed by atoms with Gasteiger partial charge in [0.15, 0.2) is 0 Å². The minimum Gasteiger partial charge on any atom is -0.492 e. The zero-order chi connectivity index (χ0) is 18.4. The zero-order valence-corrected chi connectivity index (χ0v) is 16.1. The van der Waals surface area contributed by atoms with Crippen LogP contribution in [0.3, 0.4) is 0 Å². The molecular weight excluding hydrogens is 328 g/mol. The lowest BCUT2D eigenvalue weighted by atomic mass is 10.1. The van der Waals surface area contributed by atoms with Crippen LogP contribution in [0.2, 0.25) is 0 Å². The summed E-state index contributed by atoms with van der Waals surface area (Å²) in [6.45, 7) is 9.17. The SMILES string of the molecule is C[C@@H](c1ccon1)N(C)Cc1ccccc1OCCN1CCN(C)CC1. The van der Waals surface area contributed by atoms with Crippen LogP contribution in [-0.2, 0) is 6.54 Å². The zero-order valence-electron chi connectivity index (χ0n) is 16.1. The Hall–Kier alpha value is -1.89. The molecule has 0 unspecified atom stereocenters. The van der Waals surface area contributed by atoms with Crippen LogP contribution in [0.5, 0.6) is 5.75 Å². The third kappa shape index (κ3) is 5.06. The number of ether oxygens (including phenoxy) is 1. The van der Waals surface area contributed by atoms with Gasteiger partial charge in [-0.15, -0.1) is 0 Å². The second kappa shape index (κ2) is 9.16. The smallest absolute Gasteiger partial charge is 0.124 e. The number of benzene rings is 1. The van der Waals surface area contributed by atoms with Crippen LogP contribution in [0.1, 0.15) is 24.2 Å². The Kier molecular flexibility index (Phi) is 6.66. The molecule has 0 radical (unpaired) electrons. The number of likely N-dealkylation sites (N-methyl/N-ethyl adjacent to an activating group) is 1. The van der Waals surface area contributed by atoms with E-state index in [2.05, 4.69) is 59.1 Å². The number of hydrogen-bond donors (Lipinski definition) is 0. The molecule has 0 N–H and O–H groups in total. The van der Waals surface area contributed by atoms with Crippen LogP contribution in [0.15, 0.2) is 41.1 Å². The molecule has 1 aliphatic heterocycles. The lowest BCUT2D eigenvalue weighted by Crippen LogP contribution is -2.45. The number of para-hydroxylation sites is 1. The van der Waals surface area contributed by atoms with Crippen molar-refractivity contribution in [1.29, 1.82) is 0 Å². The minimum absolute atomic E-state index is 0.187. The van der Waals surface area contributed by atoms with Gasteiger partial charge in [-0.2, -0.15) is 0 Å². The Morgan fingerprint density at radius 2 is 1.96 bits per heavy atom. The summed E-state index contributed by atoms with van der Waals surface area (Å²) in [6.07, 6.45) is 1.62. The largest absolute Gasteiger partial charge is 0.492 e. The molecule has 1 aromatic heterocycles. The van der Waals surface area contributed by atoms with Gasteiger partial charge < -0.3 is 14.2 Å². The summed E-state index contributed by atoms with van der Waals surface area (Å²) in [5.41, 5.74) is 2.14. The molecule has 0 amide bonds. The first-order valence-corrected chi connectivity index (χ1v) is 9.35. The third-order valence-corrected chi connectivity index (χ3v) is 5.20. The Balaban J connectivity index is 1.52. The number of hydrogen-bond acceptors (Lipinski definition) is 6. The molecular formula is C20H30N4O2. The van der Waals surface area contributed by atoms with Gasteiger partial charge >= 0.3 is 0 Å². The molecule has 142 valence electrons. The van der Waals surface area contributed by atoms with Gasteiger partial charge in [0.05, 0.1) is 6.04 Å². The van der Waals surface area contributed by atoms with Gasteiger partial charge in [-0.3, -0.25) is 9.80 Å². The van der Waals surface area contributed by atoms with Crippen LogP contribution < -0.4 is 4.74 Å². The molecule has 0 saturated carbocycles. The molecule has 1 fully saturated rings. The van der Waals surface area contributed by atoms with E-state index in [1.54, 1.807) is 6.26 Å². The highest BCUT2D eigenvalue weighted by molar-refractivity contribution is 5.33. The van der Waals surface area contributed by atoms with Crippen molar-refractivity contribution in [2.75, 3.05) is 53.4 Å². The monoisotopic (exact) mass is 358 g/mol. The molecule has 26 heavy (non-hydrogen) atoms. The first-order chi connectivity index (χ1) is 12.6. The van der Waals surface area contributed by atoms with Gasteiger partial charge in [0, 0.05) is 50.9 Å². The number of rotatable bonds is 8. The highest BCUT2D eigenvalue weighted by atomic mass is 16.5. The highest BCUT2D eigenvalue weighted by Gasteiger charge is 2.17. The Bertz CT molecular complexity index is 654. The van der Waals surface area contributed by atoms with Gasteiger partial charge in [-0.25, -0.2) is 0 Å². The molecule has 2 aromatic rings. The quantitative estimate of drug-likeness (QED) is 0.722. The maximum atomic E-state index is 6.12. The van der Waals surface area contributed by atoms with E-state index in [1.807, 2.05) is 12.1 Å². The number of nitrogens with zero attached hydrogens (tertiary/aromatic N) is 4. The van der Waals surface area contributed by atoms with Gasteiger partial charge in [-0.05, 0) is 27.1 Å². The molecule has 1 saturated heterocycles. The second-order valence-electron chi connectivity index (χ2n) is 7.12. The van der Waals surface area contributed by atoms with E-state index in [0.717, 1.165) is 57.3 Å². The summed E-state index contributed by atoms with van der Waals surface area (Å²) in [5, 5.41) is 4.05. The summed E-state index contributed by atoms with van der Waals surface area (Å²) < 4.78 is 11.1. The topological polar surface area (TPSA) is 45.0 Å². The lowest BCUT2D eigenvalue weighted by Gasteiger charge is -2.32.